The van der Waals surface area contributed by atoms with Crippen molar-refractivity contribution in [2.45, 2.75) is 18.5 Å². The third kappa shape index (κ3) is 5.15. The van der Waals surface area contributed by atoms with Crippen molar-refractivity contribution in [1.29, 1.82) is 0 Å². The molecule has 0 saturated carbocycles. The number of carbonyl (C=O) groups is 1. The van der Waals surface area contributed by atoms with Gasteiger partial charge in [-0.25, -0.2) is 9.97 Å². The molecule has 0 spiro atoms. The standard InChI is InChI=1S/C24H23N5OS2/c1-3-14-29(24-25-20(15-32-24)18-8-6-5-7-9-18)21(30)16-31-23-26-22(27-28-23)19-12-10-17(4-2)11-13-19/h3,5-13,15H,1,4,14,16H2,2H3,(H,26,27,28). The van der Waals surface area contributed by atoms with E-state index in [1.165, 1.54) is 28.7 Å². The molecule has 4 rings (SSSR count). The Balaban J connectivity index is 1.42. The number of H-pyrrole nitrogens is 1. The Labute approximate surface area is 195 Å². The molecule has 2 aromatic heterocycles. The number of rotatable bonds is 9. The molecule has 0 bridgehead atoms. The van der Waals surface area contributed by atoms with Gasteiger partial charge in [0.2, 0.25) is 11.1 Å². The first-order valence-corrected chi connectivity index (χ1v) is 12.1. The van der Waals surface area contributed by atoms with Crippen LogP contribution in [0.2, 0.25) is 0 Å². The fraction of sp³-hybridized carbons (Fsp3) is 0.167. The fourth-order valence-corrected chi connectivity index (χ4v) is 4.62. The number of hydrogen-bond acceptors (Lipinski definition) is 6. The van der Waals surface area contributed by atoms with Gasteiger partial charge in [-0.15, -0.1) is 23.0 Å². The minimum Gasteiger partial charge on any atom is -0.284 e. The number of aromatic amines is 1. The molecule has 0 saturated heterocycles. The number of benzene rings is 2. The lowest BCUT2D eigenvalue weighted by Crippen LogP contribution is -2.32. The van der Waals surface area contributed by atoms with Gasteiger partial charge < -0.3 is 0 Å². The number of anilines is 1. The molecule has 32 heavy (non-hydrogen) atoms. The molecule has 1 amide bonds. The van der Waals surface area contributed by atoms with Gasteiger partial charge in [-0.05, 0) is 12.0 Å². The number of nitrogens with one attached hydrogen (secondary N) is 1. The summed E-state index contributed by atoms with van der Waals surface area (Å²) < 4.78 is 0. The largest absolute Gasteiger partial charge is 0.284 e. The molecule has 0 radical (unpaired) electrons. The molecule has 4 aromatic rings. The van der Waals surface area contributed by atoms with Crippen LogP contribution in [0.4, 0.5) is 5.13 Å². The van der Waals surface area contributed by atoms with Gasteiger partial charge in [-0.1, -0.05) is 79.4 Å². The van der Waals surface area contributed by atoms with E-state index < -0.39 is 0 Å². The van der Waals surface area contributed by atoms with Gasteiger partial charge in [-0.3, -0.25) is 14.8 Å². The Bertz CT molecular complexity index is 1180. The number of hydrogen-bond donors (Lipinski definition) is 1. The number of amides is 1. The summed E-state index contributed by atoms with van der Waals surface area (Å²) in [4.78, 5) is 23.8. The summed E-state index contributed by atoms with van der Waals surface area (Å²) >= 11 is 2.75. The van der Waals surface area contributed by atoms with Gasteiger partial charge >= 0.3 is 0 Å². The van der Waals surface area contributed by atoms with Crippen molar-refractivity contribution in [3.8, 4) is 22.6 Å². The van der Waals surface area contributed by atoms with Crippen molar-refractivity contribution in [3.05, 3.63) is 78.2 Å². The van der Waals surface area contributed by atoms with Gasteiger partial charge in [-0.2, -0.15) is 0 Å². The second-order valence-corrected chi connectivity index (χ2v) is 8.76. The van der Waals surface area contributed by atoms with Gasteiger partial charge in [0, 0.05) is 23.1 Å². The average molecular weight is 462 g/mol. The molecule has 162 valence electrons. The second kappa shape index (κ2) is 10.4. The summed E-state index contributed by atoms with van der Waals surface area (Å²) in [7, 11) is 0. The minimum absolute atomic E-state index is 0.0671. The van der Waals surface area contributed by atoms with Crippen molar-refractivity contribution in [1.82, 2.24) is 20.2 Å². The van der Waals surface area contributed by atoms with E-state index in [4.69, 9.17) is 0 Å². The molecule has 6 nitrogen and oxygen atoms in total. The van der Waals surface area contributed by atoms with Crippen LogP contribution < -0.4 is 4.90 Å². The van der Waals surface area contributed by atoms with Gasteiger partial charge in [0.25, 0.3) is 0 Å². The van der Waals surface area contributed by atoms with Gasteiger partial charge in [0.1, 0.15) is 0 Å². The zero-order chi connectivity index (χ0) is 22.3. The number of thioether (sulfide) groups is 1. The molecule has 8 heteroatoms. The lowest BCUT2D eigenvalue weighted by Gasteiger charge is -2.17. The van der Waals surface area contributed by atoms with E-state index in [9.17, 15) is 4.79 Å². The number of nitrogens with zero attached hydrogens (tertiary/aromatic N) is 4. The third-order valence-electron chi connectivity index (χ3n) is 4.83. The second-order valence-electron chi connectivity index (χ2n) is 6.98. The summed E-state index contributed by atoms with van der Waals surface area (Å²) in [6, 6.07) is 18.1. The van der Waals surface area contributed by atoms with E-state index in [2.05, 4.69) is 45.8 Å². The third-order valence-corrected chi connectivity index (χ3v) is 6.53. The number of carbonyl (C=O) groups excluding carboxylic acids is 1. The smallest absolute Gasteiger partial charge is 0.239 e. The van der Waals surface area contributed by atoms with E-state index in [1.54, 1.807) is 11.0 Å². The quantitative estimate of drug-likeness (QED) is 0.264. The molecule has 0 aliphatic heterocycles. The van der Waals surface area contributed by atoms with Crippen LogP contribution in [-0.2, 0) is 11.2 Å². The van der Waals surface area contributed by atoms with Gasteiger partial charge in [0.05, 0.1) is 11.4 Å². The monoisotopic (exact) mass is 461 g/mol. The molecule has 0 aliphatic carbocycles. The maximum Gasteiger partial charge on any atom is 0.239 e. The first-order chi connectivity index (χ1) is 15.7. The Hall–Kier alpha value is -3.23. The molecule has 0 fully saturated rings. The fourth-order valence-electron chi connectivity index (χ4n) is 3.09. The van der Waals surface area contributed by atoms with Crippen LogP contribution in [-0.4, -0.2) is 38.4 Å². The van der Waals surface area contributed by atoms with E-state index >= 15 is 0 Å². The Kier molecular flexibility index (Phi) is 7.14. The van der Waals surface area contributed by atoms with Crippen molar-refractivity contribution < 1.29 is 4.79 Å². The lowest BCUT2D eigenvalue weighted by molar-refractivity contribution is -0.116. The van der Waals surface area contributed by atoms with Crippen LogP contribution >= 0.6 is 23.1 Å². The van der Waals surface area contributed by atoms with Gasteiger partial charge in [0.15, 0.2) is 11.0 Å². The number of thiazole rings is 1. The highest BCUT2D eigenvalue weighted by Crippen LogP contribution is 2.28. The molecule has 0 atom stereocenters. The molecular weight excluding hydrogens is 438 g/mol. The van der Waals surface area contributed by atoms with Crippen LogP contribution in [0.15, 0.2) is 77.8 Å². The zero-order valence-electron chi connectivity index (χ0n) is 17.7. The molecule has 2 heterocycles. The van der Waals surface area contributed by atoms with E-state index in [1.807, 2.05) is 47.8 Å². The first kappa shape index (κ1) is 22.0. The Morgan fingerprint density at radius 1 is 1.12 bits per heavy atom. The van der Waals surface area contributed by atoms with Crippen LogP contribution in [0.5, 0.6) is 0 Å². The van der Waals surface area contributed by atoms with E-state index in [-0.39, 0.29) is 11.7 Å². The first-order valence-electron chi connectivity index (χ1n) is 10.2. The van der Waals surface area contributed by atoms with E-state index in [0.29, 0.717) is 22.7 Å². The minimum atomic E-state index is -0.0671. The maximum atomic E-state index is 13.0. The average Bonchev–Trinajstić information content (AvgIpc) is 3.52. The molecule has 2 aromatic carbocycles. The van der Waals surface area contributed by atoms with Crippen LogP contribution in [0.3, 0.4) is 0 Å². The topological polar surface area (TPSA) is 74.8 Å². The number of aryl methyl sites for hydroxylation is 1. The SMILES string of the molecule is C=CCN(C(=O)CSc1n[nH]c(-c2ccc(CC)cc2)n1)c1nc(-c2ccccc2)cs1. The predicted molar refractivity (Wildman–Crippen MR) is 132 cm³/mol. The van der Waals surface area contributed by atoms with Crippen molar-refractivity contribution >= 4 is 34.1 Å². The summed E-state index contributed by atoms with van der Waals surface area (Å²) in [6.45, 7) is 6.30. The van der Waals surface area contributed by atoms with Crippen LogP contribution in [0, 0.1) is 0 Å². The summed E-state index contributed by atoms with van der Waals surface area (Å²) in [5.41, 5.74) is 4.12. The van der Waals surface area contributed by atoms with E-state index in [0.717, 1.165) is 23.2 Å². The molecule has 1 N–H and O–H groups in total. The molecule has 0 aliphatic rings. The lowest BCUT2D eigenvalue weighted by atomic mass is 10.1. The van der Waals surface area contributed by atoms with Crippen molar-refractivity contribution in [2.24, 2.45) is 0 Å². The van der Waals surface area contributed by atoms with Crippen molar-refractivity contribution in [3.63, 3.8) is 0 Å². The highest BCUT2D eigenvalue weighted by Gasteiger charge is 2.19. The van der Waals surface area contributed by atoms with Crippen molar-refractivity contribution in [2.75, 3.05) is 17.2 Å². The summed E-state index contributed by atoms with van der Waals surface area (Å²) in [5.74, 6) is 0.834. The molecular formula is C24H23N5OS2. The maximum absolute atomic E-state index is 13.0. The predicted octanol–water partition coefficient (Wildman–Crippen LogP) is 5.47. The zero-order valence-corrected chi connectivity index (χ0v) is 19.3. The highest BCUT2D eigenvalue weighted by atomic mass is 32.2. The molecule has 0 unspecified atom stereocenters. The Morgan fingerprint density at radius 3 is 2.62 bits per heavy atom. The van der Waals surface area contributed by atoms with Crippen LogP contribution in [0.25, 0.3) is 22.6 Å². The van der Waals surface area contributed by atoms with Crippen LogP contribution in [0.1, 0.15) is 12.5 Å². The number of aromatic nitrogens is 4. The Morgan fingerprint density at radius 2 is 1.91 bits per heavy atom. The summed E-state index contributed by atoms with van der Waals surface area (Å²) in [6.07, 6.45) is 2.70. The summed E-state index contributed by atoms with van der Waals surface area (Å²) in [5, 5.41) is 10.4. The normalized spacial score (nSPS) is 10.8. The highest BCUT2D eigenvalue weighted by molar-refractivity contribution is 7.99.